The lowest BCUT2D eigenvalue weighted by Crippen LogP contribution is -2.10. The number of H-pyrrole nitrogens is 1. The number of aromatic nitrogens is 4. The van der Waals surface area contributed by atoms with Gasteiger partial charge in [-0.15, -0.1) is 0 Å². The molecule has 0 atom stereocenters. The smallest absolute Gasteiger partial charge is 0.134 e. The number of rotatable bonds is 1. The van der Waals surface area contributed by atoms with E-state index in [1.165, 1.54) is 5.56 Å². The Morgan fingerprint density at radius 1 is 0.500 bits per heavy atom. The second-order valence-corrected chi connectivity index (χ2v) is 16.1. The lowest BCUT2D eigenvalue weighted by atomic mass is 9.85. The second-order valence-electron chi connectivity index (χ2n) is 16.1. The van der Waals surface area contributed by atoms with Crippen LogP contribution >= 0.6 is 0 Å². The van der Waals surface area contributed by atoms with Crippen molar-refractivity contribution in [3.05, 3.63) is 132 Å². The van der Waals surface area contributed by atoms with Crippen LogP contribution in [0.1, 0.15) is 64.1 Å². The van der Waals surface area contributed by atoms with E-state index < -0.39 is 0 Å². The summed E-state index contributed by atoms with van der Waals surface area (Å²) in [6, 6.07) is 38.2. The molecule has 1 aliphatic rings. The van der Waals surface area contributed by atoms with Gasteiger partial charge in [0.15, 0.2) is 0 Å². The molecule has 12 bridgehead atoms. The predicted molar refractivity (Wildman–Crippen MR) is 219 cm³/mol. The van der Waals surface area contributed by atoms with Gasteiger partial charge in [-0.2, -0.15) is 0 Å². The zero-order valence-corrected chi connectivity index (χ0v) is 30.3. The summed E-state index contributed by atoms with van der Waals surface area (Å²) in [5.41, 5.74) is 10.8. The van der Waals surface area contributed by atoms with E-state index >= 15 is 0 Å². The zero-order chi connectivity index (χ0) is 35.9. The third-order valence-corrected chi connectivity index (χ3v) is 10.4. The first-order valence-corrected chi connectivity index (χ1v) is 17.9. The second kappa shape index (κ2) is 11.5. The summed E-state index contributed by atoms with van der Waals surface area (Å²) in [5, 5.41) is 17.6. The number of hydrogen-bond acceptors (Lipinski definition) is 4. The summed E-state index contributed by atoms with van der Waals surface area (Å²) in [7, 11) is 0. The number of nitrogens with one attached hydrogen (secondary N) is 1. The van der Waals surface area contributed by atoms with Crippen molar-refractivity contribution in [3.63, 3.8) is 0 Å². The van der Waals surface area contributed by atoms with Gasteiger partial charge in [-0.1, -0.05) is 96.1 Å². The van der Waals surface area contributed by atoms with Gasteiger partial charge in [-0.25, -0.2) is 15.0 Å². The van der Waals surface area contributed by atoms with Crippen molar-refractivity contribution in [2.45, 2.75) is 52.4 Å². The molecule has 0 saturated heterocycles. The zero-order valence-electron chi connectivity index (χ0n) is 30.3. The van der Waals surface area contributed by atoms with E-state index in [1.807, 2.05) is 18.2 Å². The molecule has 0 aliphatic carbocycles. The van der Waals surface area contributed by atoms with Crippen LogP contribution in [0.4, 0.5) is 0 Å². The molecule has 0 amide bonds. The van der Waals surface area contributed by atoms with E-state index in [0.29, 0.717) is 22.0 Å². The number of hydrogen-bond donors (Lipinski definition) is 2. The first-order chi connectivity index (χ1) is 24.9. The predicted octanol–water partition coefficient (Wildman–Crippen LogP) is 12.3. The van der Waals surface area contributed by atoms with Crippen molar-refractivity contribution >= 4 is 77.6 Å². The minimum atomic E-state index is -0.191. The van der Waals surface area contributed by atoms with Crippen LogP contribution < -0.4 is 0 Å². The third-order valence-electron chi connectivity index (χ3n) is 10.4. The average Bonchev–Trinajstić information content (AvgIpc) is 3.82. The third kappa shape index (κ3) is 5.36. The van der Waals surface area contributed by atoms with E-state index in [4.69, 9.17) is 15.0 Å². The molecule has 4 aromatic carbocycles. The van der Waals surface area contributed by atoms with E-state index in [-0.39, 0.29) is 16.6 Å². The Hall–Kier alpha value is -6.07. The molecule has 2 N–H and O–H groups in total. The fourth-order valence-electron chi connectivity index (χ4n) is 7.31. The molecule has 5 heteroatoms. The van der Waals surface area contributed by atoms with Gasteiger partial charge in [-0.05, 0) is 99.7 Å². The molecule has 0 unspecified atom stereocenters. The number of nitrogens with zero attached hydrogens (tertiary/aromatic N) is 3. The molecule has 0 radical (unpaired) electrons. The van der Waals surface area contributed by atoms with Gasteiger partial charge < -0.3 is 10.1 Å². The van der Waals surface area contributed by atoms with E-state index in [9.17, 15) is 5.11 Å². The SMILES string of the molecule is CC(C)(C)c1cc2cc(c1)c1ccc([nH]1)c(-c1ccccc1)c1nc(c3cc(C(C)(C)C)cc(c3O)c3ccc4ccc5ccc2nc5c4n3)C=C1. The van der Waals surface area contributed by atoms with Crippen LogP contribution in [-0.4, -0.2) is 25.0 Å². The summed E-state index contributed by atoms with van der Waals surface area (Å²) >= 11 is 0. The summed E-state index contributed by atoms with van der Waals surface area (Å²) in [6.45, 7) is 13.3. The van der Waals surface area contributed by atoms with Gasteiger partial charge >= 0.3 is 0 Å². The van der Waals surface area contributed by atoms with E-state index in [2.05, 4.69) is 150 Å². The normalized spacial score (nSPS) is 12.8. The van der Waals surface area contributed by atoms with E-state index in [1.54, 1.807) is 0 Å². The minimum Gasteiger partial charge on any atom is -0.507 e. The molecule has 8 aromatic rings. The first kappa shape index (κ1) is 31.9. The lowest BCUT2D eigenvalue weighted by molar-refractivity contribution is 0.486. The van der Waals surface area contributed by atoms with Gasteiger partial charge in [0.05, 0.1) is 33.5 Å². The van der Waals surface area contributed by atoms with Crippen LogP contribution in [0.5, 0.6) is 5.75 Å². The Balaban J connectivity index is 1.53. The summed E-state index contributed by atoms with van der Waals surface area (Å²) in [6.07, 6.45) is 4.07. The van der Waals surface area contributed by atoms with Gasteiger partial charge in [0.25, 0.3) is 0 Å². The fourth-order valence-corrected chi connectivity index (χ4v) is 7.31. The quantitative estimate of drug-likeness (QED) is 0.170. The maximum absolute atomic E-state index is 12.1. The Labute approximate surface area is 302 Å². The molecule has 0 saturated carbocycles. The molecular weight excluding hydrogens is 637 g/mol. The van der Waals surface area contributed by atoms with Gasteiger partial charge in [0, 0.05) is 43.5 Å². The van der Waals surface area contributed by atoms with Crippen molar-refractivity contribution in [2.75, 3.05) is 0 Å². The monoisotopic (exact) mass is 676 g/mol. The topological polar surface area (TPSA) is 74.7 Å². The van der Waals surface area contributed by atoms with Crippen LogP contribution in [0.3, 0.4) is 0 Å². The van der Waals surface area contributed by atoms with Crippen LogP contribution in [-0.2, 0) is 10.8 Å². The average molecular weight is 677 g/mol. The van der Waals surface area contributed by atoms with E-state index in [0.717, 1.165) is 71.5 Å². The Kier molecular flexibility index (Phi) is 7.03. The van der Waals surface area contributed by atoms with Crippen LogP contribution in [0.15, 0.2) is 109 Å². The minimum absolute atomic E-state index is 0.0893. The maximum atomic E-state index is 12.1. The molecule has 4 aromatic heterocycles. The summed E-state index contributed by atoms with van der Waals surface area (Å²) < 4.78 is 0. The molecular formula is C47H40N4O. The molecule has 9 rings (SSSR count). The largest absolute Gasteiger partial charge is 0.507 e. The van der Waals surface area contributed by atoms with Gasteiger partial charge in [-0.3, -0.25) is 0 Å². The number of benzene rings is 4. The highest BCUT2D eigenvalue weighted by molar-refractivity contribution is 6.07. The van der Waals surface area contributed by atoms with Crippen molar-refractivity contribution in [1.82, 2.24) is 19.9 Å². The number of fused-ring (bicyclic) bond motifs is 14. The summed E-state index contributed by atoms with van der Waals surface area (Å²) in [5.74, 6) is 0.158. The van der Waals surface area contributed by atoms with Crippen molar-refractivity contribution in [2.24, 2.45) is 0 Å². The highest BCUT2D eigenvalue weighted by Crippen LogP contribution is 2.39. The first-order valence-electron chi connectivity index (χ1n) is 17.9. The summed E-state index contributed by atoms with van der Waals surface area (Å²) in [4.78, 5) is 19.6. The molecule has 52 heavy (non-hydrogen) atoms. The molecule has 1 aliphatic heterocycles. The Morgan fingerprint density at radius 3 is 1.79 bits per heavy atom. The number of phenols is 1. The van der Waals surface area contributed by atoms with Crippen LogP contribution in [0, 0.1) is 0 Å². The standard InChI is InChI=1S/C47H40N4O/c1-46(2,3)32-23-30-22-31(24-32)37-16-14-28-12-13-29-15-17-39(51-44(29)43(28)50-37)35-26-33(47(4,5)6)25-34(45(35)52)38-19-21-41(49-38)42(27-10-8-7-9-11-27)40-20-18-36(30)48-40/h7-26,48,52H,1-6H3. The maximum Gasteiger partial charge on any atom is 0.134 e. The molecule has 5 heterocycles. The number of phenolic OH excluding ortho intramolecular Hbond substituents is 1. The molecule has 0 fully saturated rings. The Bertz CT molecular complexity index is 2920. The lowest BCUT2D eigenvalue weighted by Gasteiger charge is -2.20. The molecule has 5 nitrogen and oxygen atoms in total. The van der Waals surface area contributed by atoms with Crippen molar-refractivity contribution in [1.29, 1.82) is 0 Å². The number of aromatic amines is 1. The number of pyridine rings is 2. The molecule has 0 spiro atoms. The highest BCUT2D eigenvalue weighted by atomic mass is 16.3. The molecule has 254 valence electrons. The Morgan fingerprint density at radius 2 is 1.08 bits per heavy atom. The van der Waals surface area contributed by atoms with Crippen LogP contribution in [0.2, 0.25) is 0 Å². The number of aromatic hydroxyl groups is 1. The van der Waals surface area contributed by atoms with Crippen LogP contribution in [0.25, 0.3) is 88.7 Å². The van der Waals surface area contributed by atoms with Gasteiger partial charge in [0.2, 0.25) is 0 Å². The van der Waals surface area contributed by atoms with Gasteiger partial charge in [0.1, 0.15) is 5.75 Å². The fraction of sp³-hybridized carbons (Fsp3) is 0.170. The van der Waals surface area contributed by atoms with Crippen molar-refractivity contribution < 1.29 is 5.11 Å². The highest BCUT2D eigenvalue weighted by Gasteiger charge is 2.20. The van der Waals surface area contributed by atoms with Crippen molar-refractivity contribution in [3.8, 4) is 16.9 Å².